The second-order valence-corrected chi connectivity index (χ2v) is 6.78. The Kier molecular flexibility index (Phi) is 7.92. The van der Waals surface area contributed by atoms with E-state index in [2.05, 4.69) is 0 Å². The molecule has 2 aromatic rings. The molecule has 160 valence electrons. The van der Waals surface area contributed by atoms with Gasteiger partial charge >= 0.3 is 0 Å². The van der Waals surface area contributed by atoms with Gasteiger partial charge in [0.2, 0.25) is 0 Å². The zero-order valence-corrected chi connectivity index (χ0v) is 18.2. The summed E-state index contributed by atoms with van der Waals surface area (Å²) in [6, 6.07) is 6.93. The van der Waals surface area contributed by atoms with Gasteiger partial charge in [-0.05, 0) is 44.0 Å². The average molecular weight is 412 g/mol. The lowest BCUT2D eigenvalue weighted by Crippen LogP contribution is -2.04. The molecule has 0 spiro atoms. The zero-order chi connectivity index (χ0) is 22.3. The lowest BCUT2D eigenvalue weighted by Gasteiger charge is -2.15. The van der Waals surface area contributed by atoms with E-state index < -0.39 is 0 Å². The Morgan fingerprint density at radius 3 is 2.10 bits per heavy atom. The van der Waals surface area contributed by atoms with Crippen molar-refractivity contribution in [1.29, 1.82) is 0 Å². The third-order valence-corrected chi connectivity index (χ3v) is 4.56. The summed E-state index contributed by atoms with van der Waals surface area (Å²) in [5.41, 5.74) is 2.46. The molecule has 0 saturated heterocycles. The number of carbonyl (C=O) groups is 1. The lowest BCUT2D eigenvalue weighted by molar-refractivity contribution is 0.104. The Hall–Kier alpha value is -3.41. The number of ether oxygens (including phenoxy) is 4. The molecule has 2 rings (SSSR count). The van der Waals surface area contributed by atoms with Gasteiger partial charge in [-0.1, -0.05) is 23.8 Å². The first-order chi connectivity index (χ1) is 14.4. The predicted molar refractivity (Wildman–Crippen MR) is 117 cm³/mol. The Bertz CT molecular complexity index is 968. The number of phenols is 1. The van der Waals surface area contributed by atoms with Crippen molar-refractivity contribution in [3.8, 4) is 28.7 Å². The van der Waals surface area contributed by atoms with E-state index in [0.29, 0.717) is 29.2 Å². The number of carbonyl (C=O) groups excluding carboxylic acids is 1. The van der Waals surface area contributed by atoms with E-state index in [-0.39, 0.29) is 22.8 Å². The third-order valence-electron chi connectivity index (χ3n) is 4.56. The van der Waals surface area contributed by atoms with E-state index >= 15 is 0 Å². The highest BCUT2D eigenvalue weighted by molar-refractivity contribution is 6.11. The van der Waals surface area contributed by atoms with Crippen LogP contribution in [-0.4, -0.2) is 39.3 Å². The summed E-state index contributed by atoms with van der Waals surface area (Å²) in [6.45, 7) is 3.93. The standard InChI is InChI=1S/C24H28O6/c1-15(2)7-10-17-20(28-4)14-22(30-6)23(24(17)26)18(25)11-8-16-9-12-19(27-3)21(13-16)29-5/h7-9,11-14,26H,10H2,1-6H3. The van der Waals surface area contributed by atoms with Gasteiger partial charge in [-0.3, -0.25) is 4.79 Å². The summed E-state index contributed by atoms with van der Waals surface area (Å²) in [5.74, 6) is 1.32. The third kappa shape index (κ3) is 5.14. The highest BCUT2D eigenvalue weighted by Crippen LogP contribution is 2.39. The SMILES string of the molecule is COc1ccc(C=CC(=O)c2c(OC)cc(OC)c(CC=C(C)C)c2O)cc1OC. The van der Waals surface area contributed by atoms with E-state index in [1.807, 2.05) is 19.9 Å². The van der Waals surface area contributed by atoms with Gasteiger partial charge in [0.25, 0.3) is 0 Å². The number of benzene rings is 2. The van der Waals surface area contributed by atoms with Crippen LogP contribution in [0.25, 0.3) is 6.08 Å². The first-order valence-electron chi connectivity index (χ1n) is 9.40. The number of hydrogen-bond acceptors (Lipinski definition) is 6. The van der Waals surface area contributed by atoms with Gasteiger partial charge in [0.15, 0.2) is 17.3 Å². The highest BCUT2D eigenvalue weighted by atomic mass is 16.5. The van der Waals surface area contributed by atoms with E-state index in [4.69, 9.17) is 18.9 Å². The maximum absolute atomic E-state index is 12.9. The fourth-order valence-corrected chi connectivity index (χ4v) is 2.96. The Balaban J connectivity index is 2.46. The van der Waals surface area contributed by atoms with E-state index in [1.165, 1.54) is 20.3 Å². The Labute approximate surface area is 177 Å². The molecule has 0 saturated carbocycles. The van der Waals surface area contributed by atoms with Crippen molar-refractivity contribution in [2.45, 2.75) is 20.3 Å². The van der Waals surface area contributed by atoms with Crippen molar-refractivity contribution in [3.63, 3.8) is 0 Å². The van der Waals surface area contributed by atoms with Gasteiger partial charge in [-0.15, -0.1) is 0 Å². The average Bonchev–Trinajstić information content (AvgIpc) is 2.75. The van der Waals surface area contributed by atoms with Crippen LogP contribution >= 0.6 is 0 Å². The number of ketones is 1. The number of methoxy groups -OCH3 is 4. The first-order valence-corrected chi connectivity index (χ1v) is 9.40. The molecule has 0 atom stereocenters. The van der Waals surface area contributed by atoms with Crippen molar-refractivity contribution < 1.29 is 28.8 Å². The zero-order valence-electron chi connectivity index (χ0n) is 18.2. The molecule has 6 heteroatoms. The second-order valence-electron chi connectivity index (χ2n) is 6.78. The number of phenolic OH excluding ortho intramolecular Hbond substituents is 1. The molecule has 0 unspecified atom stereocenters. The van der Waals surface area contributed by atoms with Crippen LogP contribution in [0.2, 0.25) is 0 Å². The van der Waals surface area contributed by atoms with Gasteiger partial charge < -0.3 is 24.1 Å². The topological polar surface area (TPSA) is 74.2 Å². The Morgan fingerprint density at radius 1 is 0.900 bits per heavy atom. The summed E-state index contributed by atoms with van der Waals surface area (Å²) in [7, 11) is 6.06. The van der Waals surface area contributed by atoms with Crippen LogP contribution in [-0.2, 0) is 6.42 Å². The quantitative estimate of drug-likeness (QED) is 0.361. The molecule has 0 aliphatic heterocycles. The summed E-state index contributed by atoms with van der Waals surface area (Å²) >= 11 is 0. The van der Waals surface area contributed by atoms with Gasteiger partial charge in [-0.25, -0.2) is 0 Å². The lowest BCUT2D eigenvalue weighted by atomic mass is 9.99. The molecule has 0 aromatic heterocycles. The maximum atomic E-state index is 12.9. The maximum Gasteiger partial charge on any atom is 0.193 e. The van der Waals surface area contributed by atoms with Crippen molar-refractivity contribution in [2.24, 2.45) is 0 Å². The van der Waals surface area contributed by atoms with E-state index in [0.717, 1.165) is 11.1 Å². The van der Waals surface area contributed by atoms with Crippen LogP contribution in [0.3, 0.4) is 0 Å². The number of rotatable bonds is 9. The van der Waals surface area contributed by atoms with Crippen LogP contribution in [0.5, 0.6) is 28.7 Å². The first kappa shape index (κ1) is 22.9. The van der Waals surface area contributed by atoms with Crippen LogP contribution in [0, 0.1) is 0 Å². The largest absolute Gasteiger partial charge is 0.507 e. The summed E-state index contributed by atoms with van der Waals surface area (Å²) < 4.78 is 21.2. The number of aromatic hydroxyl groups is 1. The number of allylic oxidation sites excluding steroid dienone is 3. The molecule has 2 aromatic carbocycles. The van der Waals surface area contributed by atoms with Crippen LogP contribution < -0.4 is 18.9 Å². The molecule has 1 N–H and O–H groups in total. The molecule has 0 aliphatic carbocycles. The van der Waals surface area contributed by atoms with Gasteiger partial charge in [0.1, 0.15) is 22.8 Å². The minimum Gasteiger partial charge on any atom is -0.507 e. The minimum atomic E-state index is -0.389. The van der Waals surface area contributed by atoms with Crippen LogP contribution in [0.15, 0.2) is 42.0 Å². The van der Waals surface area contributed by atoms with E-state index in [1.54, 1.807) is 44.6 Å². The van der Waals surface area contributed by atoms with Crippen LogP contribution in [0.4, 0.5) is 0 Å². The Morgan fingerprint density at radius 2 is 1.53 bits per heavy atom. The van der Waals surface area contributed by atoms with Crippen molar-refractivity contribution in [1.82, 2.24) is 0 Å². The molecule has 0 radical (unpaired) electrons. The van der Waals surface area contributed by atoms with Crippen molar-refractivity contribution in [3.05, 3.63) is 58.7 Å². The normalized spacial score (nSPS) is 10.6. The smallest absolute Gasteiger partial charge is 0.193 e. The van der Waals surface area contributed by atoms with Crippen LogP contribution in [0.1, 0.15) is 35.3 Å². The fraction of sp³-hybridized carbons (Fsp3) is 0.292. The summed E-state index contributed by atoms with van der Waals surface area (Å²) in [6.07, 6.45) is 5.41. The van der Waals surface area contributed by atoms with Gasteiger partial charge in [0.05, 0.1) is 28.4 Å². The minimum absolute atomic E-state index is 0.0900. The molecule has 0 bridgehead atoms. The number of hydrogen-bond donors (Lipinski definition) is 1. The monoisotopic (exact) mass is 412 g/mol. The van der Waals surface area contributed by atoms with E-state index in [9.17, 15) is 9.90 Å². The predicted octanol–water partition coefficient (Wildman–Crippen LogP) is 4.83. The second kappa shape index (κ2) is 10.4. The molecule has 0 heterocycles. The molecular weight excluding hydrogens is 384 g/mol. The van der Waals surface area contributed by atoms with Gasteiger partial charge in [-0.2, -0.15) is 0 Å². The molecular formula is C24H28O6. The molecule has 0 amide bonds. The fourth-order valence-electron chi connectivity index (χ4n) is 2.96. The highest BCUT2D eigenvalue weighted by Gasteiger charge is 2.22. The van der Waals surface area contributed by atoms with Crippen molar-refractivity contribution in [2.75, 3.05) is 28.4 Å². The molecule has 0 fully saturated rings. The summed E-state index contributed by atoms with van der Waals surface area (Å²) in [4.78, 5) is 12.9. The molecule has 30 heavy (non-hydrogen) atoms. The van der Waals surface area contributed by atoms with Crippen molar-refractivity contribution >= 4 is 11.9 Å². The summed E-state index contributed by atoms with van der Waals surface area (Å²) in [5, 5.41) is 10.9. The molecule has 6 nitrogen and oxygen atoms in total. The molecule has 0 aliphatic rings. The van der Waals surface area contributed by atoms with Gasteiger partial charge in [0, 0.05) is 11.6 Å².